The summed E-state index contributed by atoms with van der Waals surface area (Å²) in [6, 6.07) is 1.50. The molecule has 1 N–H and O–H groups in total. The van der Waals surface area contributed by atoms with E-state index in [0.717, 1.165) is 12.1 Å². The summed E-state index contributed by atoms with van der Waals surface area (Å²) in [5, 5.41) is 3.94. The summed E-state index contributed by atoms with van der Waals surface area (Å²) >= 11 is 2.13. The summed E-state index contributed by atoms with van der Waals surface area (Å²) in [6.07, 6.45) is 5.50. The number of hydrogen-bond donors (Lipinski definition) is 1. The molecule has 1 aliphatic carbocycles. The van der Waals surface area contributed by atoms with Gasteiger partial charge in [0.25, 0.3) is 0 Å². The summed E-state index contributed by atoms with van der Waals surface area (Å²) in [5.41, 5.74) is 1.07. The first-order chi connectivity index (χ1) is 7.39. The van der Waals surface area contributed by atoms with E-state index in [1.807, 2.05) is 0 Å². The largest absolute Gasteiger partial charge is 0.310 e. The van der Waals surface area contributed by atoms with Crippen molar-refractivity contribution in [1.82, 2.24) is 5.32 Å². The van der Waals surface area contributed by atoms with Gasteiger partial charge in [-0.15, -0.1) is 0 Å². The molecule has 0 aromatic heterocycles. The second-order valence-electron chi connectivity index (χ2n) is 7.14. The molecule has 0 aromatic carbocycles. The molecule has 16 heavy (non-hydrogen) atoms. The van der Waals surface area contributed by atoms with Crippen molar-refractivity contribution in [3.8, 4) is 0 Å². The zero-order chi connectivity index (χ0) is 11.8. The zero-order valence-corrected chi connectivity index (χ0v) is 12.1. The van der Waals surface area contributed by atoms with Crippen molar-refractivity contribution >= 4 is 11.8 Å². The molecule has 2 fully saturated rings. The summed E-state index contributed by atoms with van der Waals surface area (Å²) in [7, 11) is 0. The fraction of sp³-hybridized carbons (Fsp3) is 1.00. The maximum atomic E-state index is 3.94. The minimum absolute atomic E-state index is 0.498. The molecule has 2 aliphatic rings. The van der Waals surface area contributed by atoms with E-state index < -0.39 is 0 Å². The minimum Gasteiger partial charge on any atom is -0.310 e. The van der Waals surface area contributed by atoms with Crippen LogP contribution in [0.4, 0.5) is 0 Å². The first-order valence-corrected chi connectivity index (χ1v) is 7.88. The van der Waals surface area contributed by atoms with Crippen LogP contribution >= 0.6 is 11.8 Å². The number of thioether (sulfide) groups is 1. The second-order valence-corrected chi connectivity index (χ2v) is 8.29. The van der Waals surface area contributed by atoms with Crippen LogP contribution in [0, 0.1) is 10.8 Å². The summed E-state index contributed by atoms with van der Waals surface area (Å²) in [4.78, 5) is 0. The van der Waals surface area contributed by atoms with Gasteiger partial charge in [-0.2, -0.15) is 11.8 Å². The molecule has 0 amide bonds. The molecule has 0 spiro atoms. The SMILES string of the molecule is CC1(C)CCC(NC2CSCCC2(C)C)C1. The smallest absolute Gasteiger partial charge is 0.0212 e. The molecule has 2 heteroatoms. The Hall–Kier alpha value is 0.310. The molecule has 2 unspecified atom stereocenters. The highest BCUT2D eigenvalue weighted by Crippen LogP contribution is 2.39. The molecule has 0 aromatic rings. The fourth-order valence-electron chi connectivity index (χ4n) is 3.07. The Morgan fingerprint density at radius 3 is 2.44 bits per heavy atom. The van der Waals surface area contributed by atoms with E-state index in [1.165, 1.54) is 37.2 Å². The molecule has 0 bridgehead atoms. The number of rotatable bonds is 2. The molecule has 1 saturated carbocycles. The van der Waals surface area contributed by atoms with Gasteiger partial charge in [-0.25, -0.2) is 0 Å². The van der Waals surface area contributed by atoms with Gasteiger partial charge >= 0.3 is 0 Å². The molecule has 0 radical (unpaired) electrons. The summed E-state index contributed by atoms with van der Waals surface area (Å²) < 4.78 is 0. The molecular weight excluding hydrogens is 214 g/mol. The Bertz CT molecular complexity index is 247. The predicted molar refractivity (Wildman–Crippen MR) is 74.1 cm³/mol. The lowest BCUT2D eigenvalue weighted by atomic mass is 9.81. The topological polar surface area (TPSA) is 12.0 Å². The van der Waals surface area contributed by atoms with Crippen molar-refractivity contribution in [3.05, 3.63) is 0 Å². The van der Waals surface area contributed by atoms with E-state index in [1.54, 1.807) is 0 Å². The molecule has 1 aliphatic heterocycles. The van der Waals surface area contributed by atoms with Crippen molar-refractivity contribution in [1.29, 1.82) is 0 Å². The number of nitrogens with one attached hydrogen (secondary N) is 1. The highest BCUT2D eigenvalue weighted by molar-refractivity contribution is 7.99. The summed E-state index contributed by atoms with van der Waals surface area (Å²) in [5.74, 6) is 2.66. The van der Waals surface area contributed by atoms with Crippen molar-refractivity contribution < 1.29 is 0 Å². The van der Waals surface area contributed by atoms with Gasteiger partial charge in [-0.3, -0.25) is 0 Å². The van der Waals surface area contributed by atoms with E-state index in [2.05, 4.69) is 44.8 Å². The van der Waals surface area contributed by atoms with Gasteiger partial charge < -0.3 is 5.32 Å². The molecule has 94 valence electrons. The van der Waals surface area contributed by atoms with E-state index in [0.29, 0.717) is 10.8 Å². The van der Waals surface area contributed by atoms with Gasteiger partial charge in [0.15, 0.2) is 0 Å². The van der Waals surface area contributed by atoms with E-state index in [-0.39, 0.29) is 0 Å². The molecular formula is C14H27NS. The molecule has 1 heterocycles. The summed E-state index contributed by atoms with van der Waals surface area (Å²) in [6.45, 7) is 9.69. The minimum atomic E-state index is 0.498. The Labute approximate surface area is 105 Å². The molecule has 2 rings (SSSR count). The lowest BCUT2D eigenvalue weighted by Crippen LogP contribution is -2.50. The first kappa shape index (κ1) is 12.8. The van der Waals surface area contributed by atoms with E-state index >= 15 is 0 Å². The normalized spacial score (nSPS) is 37.5. The van der Waals surface area contributed by atoms with Crippen molar-refractivity contribution in [2.45, 2.75) is 65.5 Å². The van der Waals surface area contributed by atoms with E-state index in [9.17, 15) is 0 Å². The fourth-order valence-corrected chi connectivity index (χ4v) is 4.69. The average Bonchev–Trinajstić information content (AvgIpc) is 2.49. The Morgan fingerprint density at radius 1 is 1.12 bits per heavy atom. The standard InChI is InChI=1S/C14H27NS/c1-13(2)6-5-11(9-13)15-12-10-16-8-7-14(12,3)4/h11-12,15H,5-10H2,1-4H3. The van der Waals surface area contributed by atoms with Gasteiger partial charge in [0.05, 0.1) is 0 Å². The van der Waals surface area contributed by atoms with Crippen LogP contribution in [0.5, 0.6) is 0 Å². The van der Waals surface area contributed by atoms with Crippen LogP contribution in [0.1, 0.15) is 53.4 Å². The third-order valence-corrected chi connectivity index (χ3v) is 5.59. The third-order valence-electron chi connectivity index (χ3n) is 4.52. The lowest BCUT2D eigenvalue weighted by molar-refractivity contribution is 0.223. The van der Waals surface area contributed by atoms with Crippen LogP contribution in [0.2, 0.25) is 0 Å². The quantitative estimate of drug-likeness (QED) is 0.791. The van der Waals surface area contributed by atoms with Crippen molar-refractivity contribution in [2.75, 3.05) is 11.5 Å². The maximum Gasteiger partial charge on any atom is 0.0212 e. The highest BCUT2D eigenvalue weighted by atomic mass is 32.2. The van der Waals surface area contributed by atoms with Crippen LogP contribution in [-0.2, 0) is 0 Å². The predicted octanol–water partition coefficient (Wildman–Crippen LogP) is 3.69. The van der Waals surface area contributed by atoms with Crippen molar-refractivity contribution in [2.24, 2.45) is 10.8 Å². The van der Waals surface area contributed by atoms with Crippen molar-refractivity contribution in [3.63, 3.8) is 0 Å². The lowest BCUT2D eigenvalue weighted by Gasteiger charge is -2.40. The molecule has 1 nitrogen and oxygen atoms in total. The van der Waals surface area contributed by atoms with Crippen LogP contribution in [0.15, 0.2) is 0 Å². The van der Waals surface area contributed by atoms with Crippen LogP contribution in [0.3, 0.4) is 0 Å². The van der Waals surface area contributed by atoms with Crippen LogP contribution in [0.25, 0.3) is 0 Å². The van der Waals surface area contributed by atoms with Crippen LogP contribution in [-0.4, -0.2) is 23.6 Å². The first-order valence-electron chi connectivity index (χ1n) is 6.73. The van der Waals surface area contributed by atoms with Gasteiger partial charge in [0, 0.05) is 17.8 Å². The van der Waals surface area contributed by atoms with Gasteiger partial charge in [-0.1, -0.05) is 27.7 Å². The zero-order valence-electron chi connectivity index (χ0n) is 11.3. The van der Waals surface area contributed by atoms with Gasteiger partial charge in [-0.05, 0) is 42.3 Å². The Morgan fingerprint density at radius 2 is 1.88 bits per heavy atom. The Balaban J connectivity index is 1.89. The Kier molecular flexibility index (Phi) is 3.61. The third kappa shape index (κ3) is 2.95. The van der Waals surface area contributed by atoms with E-state index in [4.69, 9.17) is 0 Å². The van der Waals surface area contributed by atoms with Crippen LogP contribution < -0.4 is 5.32 Å². The highest BCUT2D eigenvalue weighted by Gasteiger charge is 2.37. The molecule has 2 atom stereocenters. The maximum absolute atomic E-state index is 3.94. The average molecular weight is 241 g/mol. The van der Waals surface area contributed by atoms with Gasteiger partial charge in [0.1, 0.15) is 0 Å². The second kappa shape index (κ2) is 4.53. The van der Waals surface area contributed by atoms with Gasteiger partial charge in [0.2, 0.25) is 0 Å². The number of hydrogen-bond acceptors (Lipinski definition) is 2. The molecule has 1 saturated heterocycles. The monoisotopic (exact) mass is 241 g/mol.